The van der Waals surface area contributed by atoms with Crippen LogP contribution in [0.2, 0.25) is 0 Å². The van der Waals surface area contributed by atoms with E-state index in [-0.39, 0.29) is 30.3 Å². The van der Waals surface area contributed by atoms with Crippen LogP contribution >= 0.6 is 0 Å². The molecule has 6 heteroatoms. The average molecular weight is 549 g/mol. The van der Waals surface area contributed by atoms with Crippen LogP contribution in [0.1, 0.15) is 87.3 Å². The number of halogens is 2. The fraction of sp³-hybridized carbons (Fsp3) is 0.441. The van der Waals surface area contributed by atoms with Crippen LogP contribution in [0, 0.1) is 23.0 Å². The number of aliphatic carboxylic acids is 1. The van der Waals surface area contributed by atoms with Crippen LogP contribution in [0.15, 0.2) is 54.6 Å². The molecule has 2 saturated carbocycles. The lowest BCUT2D eigenvalue weighted by atomic mass is 9.75. The molecule has 2 fully saturated rings. The summed E-state index contributed by atoms with van der Waals surface area (Å²) in [6, 6.07) is 15.4. The third-order valence-corrected chi connectivity index (χ3v) is 8.77. The van der Waals surface area contributed by atoms with E-state index in [9.17, 15) is 9.90 Å². The molecule has 0 spiro atoms. The van der Waals surface area contributed by atoms with Gasteiger partial charge in [0.05, 0.1) is 13.5 Å². The van der Waals surface area contributed by atoms with Crippen LogP contribution in [0.3, 0.4) is 0 Å². The Bertz CT molecular complexity index is 1380. The van der Waals surface area contributed by atoms with Gasteiger partial charge in [-0.3, -0.25) is 4.79 Å². The monoisotopic (exact) mass is 548 g/mol. The van der Waals surface area contributed by atoms with Gasteiger partial charge < -0.3 is 14.6 Å². The number of carboxylic acids is 1. The van der Waals surface area contributed by atoms with Gasteiger partial charge in [-0.2, -0.15) is 0 Å². The van der Waals surface area contributed by atoms with Crippen LogP contribution in [0.25, 0.3) is 11.1 Å². The fourth-order valence-electron chi connectivity index (χ4n) is 6.33. The quantitative estimate of drug-likeness (QED) is 0.260. The van der Waals surface area contributed by atoms with E-state index < -0.39 is 17.6 Å². The maximum atomic E-state index is 15.6. The third-order valence-electron chi connectivity index (χ3n) is 8.77. The zero-order valence-electron chi connectivity index (χ0n) is 23.5. The molecule has 2 atom stereocenters. The molecular weight excluding hydrogens is 510 g/mol. The van der Waals surface area contributed by atoms with E-state index in [4.69, 9.17) is 9.47 Å². The fourth-order valence-corrected chi connectivity index (χ4v) is 6.33. The molecule has 0 aliphatic heterocycles. The smallest absolute Gasteiger partial charge is 0.303 e. The zero-order chi connectivity index (χ0) is 28.4. The van der Waals surface area contributed by atoms with E-state index in [0.717, 1.165) is 49.7 Å². The minimum absolute atomic E-state index is 0.00487. The van der Waals surface area contributed by atoms with Gasteiger partial charge >= 0.3 is 5.97 Å². The number of hydrogen-bond acceptors (Lipinski definition) is 3. The first kappa shape index (κ1) is 28.1. The predicted molar refractivity (Wildman–Crippen MR) is 152 cm³/mol. The van der Waals surface area contributed by atoms with Gasteiger partial charge in [-0.25, -0.2) is 8.78 Å². The Morgan fingerprint density at radius 1 is 1.00 bits per heavy atom. The number of carboxylic acid groups (broad SMARTS) is 1. The minimum Gasteiger partial charge on any atom is -0.497 e. The topological polar surface area (TPSA) is 55.8 Å². The Balaban J connectivity index is 1.45. The molecule has 212 valence electrons. The van der Waals surface area contributed by atoms with Crippen molar-refractivity contribution in [2.24, 2.45) is 11.3 Å². The SMILES string of the molecule is COc1ccc(F)c(-c2cc(F)c(COc3cccc([C@@H](CC(=O)O)CC4CC4)c3)cc2[C@H]2CCCC2(C)C)c1. The molecule has 4 nitrogen and oxygen atoms in total. The van der Waals surface area contributed by atoms with Crippen molar-refractivity contribution in [1.29, 1.82) is 0 Å². The number of ether oxygens (including phenoxy) is 2. The maximum absolute atomic E-state index is 15.6. The van der Waals surface area contributed by atoms with Gasteiger partial charge in [0.1, 0.15) is 29.7 Å². The summed E-state index contributed by atoms with van der Waals surface area (Å²) in [5, 5.41) is 9.43. The maximum Gasteiger partial charge on any atom is 0.303 e. The van der Waals surface area contributed by atoms with E-state index in [1.807, 2.05) is 30.3 Å². The first-order chi connectivity index (χ1) is 19.1. The summed E-state index contributed by atoms with van der Waals surface area (Å²) in [4.78, 5) is 11.5. The summed E-state index contributed by atoms with van der Waals surface area (Å²) < 4.78 is 42.1. The van der Waals surface area contributed by atoms with Gasteiger partial charge in [0.2, 0.25) is 0 Å². The number of carbonyl (C=O) groups is 1. The third kappa shape index (κ3) is 6.32. The largest absolute Gasteiger partial charge is 0.497 e. The van der Waals surface area contributed by atoms with E-state index >= 15 is 8.78 Å². The van der Waals surface area contributed by atoms with Gasteiger partial charge in [-0.1, -0.05) is 45.2 Å². The van der Waals surface area contributed by atoms with Crippen molar-refractivity contribution in [3.63, 3.8) is 0 Å². The number of benzene rings is 3. The molecule has 0 heterocycles. The Morgan fingerprint density at radius 3 is 2.48 bits per heavy atom. The molecule has 2 aliphatic carbocycles. The zero-order valence-corrected chi connectivity index (χ0v) is 23.5. The lowest BCUT2D eigenvalue weighted by Crippen LogP contribution is -2.17. The highest BCUT2D eigenvalue weighted by Crippen LogP contribution is 2.51. The highest BCUT2D eigenvalue weighted by atomic mass is 19.1. The highest BCUT2D eigenvalue weighted by molar-refractivity contribution is 5.71. The Hall–Kier alpha value is -3.41. The summed E-state index contributed by atoms with van der Waals surface area (Å²) in [6.45, 7) is 4.45. The molecule has 0 bridgehead atoms. The van der Waals surface area contributed by atoms with E-state index in [0.29, 0.717) is 34.1 Å². The second-order valence-electron chi connectivity index (χ2n) is 12.1. The summed E-state index contributed by atoms with van der Waals surface area (Å²) >= 11 is 0. The second kappa shape index (κ2) is 11.6. The van der Waals surface area contributed by atoms with E-state index in [1.54, 1.807) is 12.1 Å². The van der Waals surface area contributed by atoms with Gasteiger partial charge in [-0.15, -0.1) is 0 Å². The summed E-state index contributed by atoms with van der Waals surface area (Å²) in [5.74, 6) is 0.0830. The van der Waals surface area contributed by atoms with Gasteiger partial charge in [0.25, 0.3) is 0 Å². The molecule has 1 N–H and O–H groups in total. The molecule has 2 aliphatic rings. The number of hydrogen-bond donors (Lipinski definition) is 1. The minimum atomic E-state index is -0.811. The summed E-state index contributed by atoms with van der Waals surface area (Å²) in [5.41, 5.74) is 3.15. The molecule has 0 aromatic heterocycles. The Kier molecular flexibility index (Phi) is 8.16. The van der Waals surface area contributed by atoms with Gasteiger partial charge in [0, 0.05) is 11.1 Å². The first-order valence-electron chi connectivity index (χ1n) is 14.3. The second-order valence-corrected chi connectivity index (χ2v) is 12.1. The molecule has 3 aromatic carbocycles. The van der Waals surface area contributed by atoms with Crippen LogP contribution in [-0.2, 0) is 11.4 Å². The molecule has 3 aromatic rings. The van der Waals surface area contributed by atoms with Crippen LogP contribution in [-0.4, -0.2) is 18.2 Å². The normalized spacial score (nSPS) is 18.9. The van der Waals surface area contributed by atoms with Crippen molar-refractivity contribution >= 4 is 5.97 Å². The summed E-state index contributed by atoms with van der Waals surface area (Å²) in [7, 11) is 1.53. The highest BCUT2D eigenvalue weighted by Gasteiger charge is 2.37. The van der Waals surface area contributed by atoms with Crippen molar-refractivity contribution in [3.8, 4) is 22.6 Å². The van der Waals surface area contributed by atoms with E-state index in [2.05, 4.69) is 13.8 Å². The van der Waals surface area contributed by atoms with Crippen molar-refractivity contribution < 1.29 is 28.2 Å². The molecule has 0 amide bonds. The van der Waals surface area contributed by atoms with Gasteiger partial charge in [0.15, 0.2) is 0 Å². The summed E-state index contributed by atoms with van der Waals surface area (Å²) in [6.07, 6.45) is 6.30. The predicted octanol–water partition coefficient (Wildman–Crippen LogP) is 8.87. The molecule has 40 heavy (non-hydrogen) atoms. The van der Waals surface area contributed by atoms with Gasteiger partial charge in [-0.05, 0) is 102 Å². The molecule has 0 radical (unpaired) electrons. The number of methoxy groups -OCH3 is 1. The van der Waals surface area contributed by atoms with Crippen LogP contribution in [0.4, 0.5) is 8.78 Å². The molecular formula is C34H38F2O4. The van der Waals surface area contributed by atoms with Crippen molar-refractivity contribution in [1.82, 2.24) is 0 Å². The van der Waals surface area contributed by atoms with E-state index in [1.165, 1.54) is 19.2 Å². The molecule has 0 saturated heterocycles. The van der Waals surface area contributed by atoms with Crippen LogP contribution < -0.4 is 9.47 Å². The molecule has 0 unspecified atom stereocenters. The number of rotatable bonds is 11. The van der Waals surface area contributed by atoms with Crippen molar-refractivity contribution in [2.45, 2.75) is 77.2 Å². The Morgan fingerprint density at radius 2 is 1.80 bits per heavy atom. The lowest BCUT2D eigenvalue weighted by molar-refractivity contribution is -0.137. The van der Waals surface area contributed by atoms with Crippen LogP contribution in [0.5, 0.6) is 11.5 Å². The Labute approximate surface area is 235 Å². The standard InChI is InChI=1S/C34H38F2O4/c1-34(2)13-5-8-30(34)28-16-24(32(36)19-27(28)29-18-25(39-3)11-12-31(29)35)20-40-26-7-4-6-22(15-26)23(17-33(37)38)14-21-9-10-21/h4,6-7,11-12,15-16,18-19,21,23,30H,5,8-10,13-14,17,20H2,1-3H3,(H,37,38)/t23-,30-/m1/s1. The molecule has 5 rings (SSSR count). The average Bonchev–Trinajstić information content (AvgIpc) is 3.67. The van der Waals surface area contributed by atoms with Crippen molar-refractivity contribution in [2.75, 3.05) is 7.11 Å². The van der Waals surface area contributed by atoms with Crippen molar-refractivity contribution in [3.05, 3.63) is 82.9 Å². The first-order valence-corrected chi connectivity index (χ1v) is 14.3. The lowest BCUT2D eigenvalue weighted by Gasteiger charge is -2.30.